The summed E-state index contributed by atoms with van der Waals surface area (Å²) in [6.45, 7) is 3.71. The number of rotatable bonds is 6. The van der Waals surface area contributed by atoms with Gasteiger partial charge in [-0.3, -0.25) is 4.90 Å². The first-order chi connectivity index (χ1) is 10.3. The Morgan fingerprint density at radius 2 is 1.81 bits per heavy atom. The van der Waals surface area contributed by atoms with E-state index in [4.69, 9.17) is 9.84 Å². The highest BCUT2D eigenvalue weighted by atomic mass is 16.6. The van der Waals surface area contributed by atoms with E-state index in [0.717, 1.165) is 12.1 Å². The Labute approximate surface area is 125 Å². The predicted molar refractivity (Wildman–Crippen MR) is 80.8 cm³/mol. The molecule has 5 nitrogen and oxygen atoms in total. The molecule has 0 bridgehead atoms. The van der Waals surface area contributed by atoms with Gasteiger partial charge in [0, 0.05) is 13.1 Å². The number of amides is 1. The molecule has 0 aromatic heterocycles. The average Bonchev–Trinajstić information content (AvgIpc) is 2.53. The number of ether oxygens (including phenoxy) is 1. The van der Waals surface area contributed by atoms with E-state index in [1.807, 2.05) is 12.1 Å². The molecule has 2 N–H and O–H groups in total. The van der Waals surface area contributed by atoms with Crippen LogP contribution in [0.2, 0.25) is 0 Å². The van der Waals surface area contributed by atoms with Crippen molar-refractivity contribution in [1.29, 1.82) is 0 Å². The van der Waals surface area contributed by atoms with Gasteiger partial charge in [-0.1, -0.05) is 30.7 Å². The number of nitrogens with zero attached hydrogens (tertiary/aromatic N) is 1. The molecule has 0 aliphatic carbocycles. The van der Waals surface area contributed by atoms with Gasteiger partial charge >= 0.3 is 6.09 Å². The molecule has 1 amide bonds. The summed E-state index contributed by atoms with van der Waals surface area (Å²) in [7, 11) is 0. The van der Waals surface area contributed by atoms with Gasteiger partial charge in [-0.25, -0.2) is 4.79 Å². The van der Waals surface area contributed by atoms with Crippen LogP contribution < -0.4 is 5.32 Å². The lowest BCUT2D eigenvalue weighted by molar-refractivity contribution is 0.119. The molecule has 1 fully saturated rings. The second-order valence-electron chi connectivity index (χ2n) is 5.37. The Morgan fingerprint density at radius 3 is 2.48 bits per heavy atom. The molecule has 2 rings (SSSR count). The summed E-state index contributed by atoms with van der Waals surface area (Å²) in [6.07, 6.45) is 3.46. The van der Waals surface area contributed by atoms with Crippen LogP contribution in [-0.2, 0) is 17.8 Å². The zero-order valence-corrected chi connectivity index (χ0v) is 12.4. The number of nitrogens with one attached hydrogen (secondary N) is 1. The first kappa shape index (κ1) is 15.8. The summed E-state index contributed by atoms with van der Waals surface area (Å²) in [5, 5.41) is 11.2. The lowest BCUT2D eigenvalue weighted by Gasteiger charge is -2.26. The fraction of sp³-hybridized carbons (Fsp3) is 0.562. The van der Waals surface area contributed by atoms with Gasteiger partial charge in [0.15, 0.2) is 0 Å². The van der Waals surface area contributed by atoms with Crippen LogP contribution in [0.25, 0.3) is 0 Å². The smallest absolute Gasteiger partial charge is 0.407 e. The topological polar surface area (TPSA) is 61.8 Å². The summed E-state index contributed by atoms with van der Waals surface area (Å²) >= 11 is 0. The van der Waals surface area contributed by atoms with Gasteiger partial charge in [-0.05, 0) is 37.1 Å². The second kappa shape index (κ2) is 8.64. The summed E-state index contributed by atoms with van der Waals surface area (Å²) in [5.74, 6) is 0. The van der Waals surface area contributed by atoms with Gasteiger partial charge in [0.1, 0.15) is 6.61 Å². The first-order valence-electron chi connectivity index (χ1n) is 7.59. The number of aliphatic hydroxyl groups is 1. The Kier molecular flexibility index (Phi) is 6.50. The third kappa shape index (κ3) is 5.73. The number of carbonyl (C=O) groups is 1. The average molecular weight is 292 g/mol. The third-order valence-corrected chi connectivity index (χ3v) is 3.64. The van der Waals surface area contributed by atoms with E-state index in [-0.39, 0.29) is 13.2 Å². The molecule has 0 atom stereocenters. The minimum absolute atomic E-state index is 0.0284. The van der Waals surface area contributed by atoms with Crippen molar-refractivity contribution in [2.75, 3.05) is 26.3 Å². The van der Waals surface area contributed by atoms with E-state index in [1.165, 1.54) is 37.9 Å². The van der Waals surface area contributed by atoms with Crippen LogP contribution in [0, 0.1) is 0 Å². The van der Waals surface area contributed by atoms with Crippen molar-refractivity contribution in [3.63, 3.8) is 0 Å². The molecule has 1 aromatic rings. The standard InChI is InChI=1S/C16H24N2O3/c19-10-11-21-16(20)17-12-14-4-6-15(7-5-14)13-18-8-2-1-3-9-18/h4-7,19H,1-3,8-13H2,(H,17,20). The molecule has 1 aliphatic rings. The number of carbonyl (C=O) groups excluding carboxylic acids is 1. The lowest BCUT2D eigenvalue weighted by atomic mass is 10.1. The van der Waals surface area contributed by atoms with Crippen LogP contribution in [0.15, 0.2) is 24.3 Å². The lowest BCUT2D eigenvalue weighted by Crippen LogP contribution is -2.29. The Bertz CT molecular complexity index is 428. The summed E-state index contributed by atoms with van der Waals surface area (Å²) < 4.78 is 4.73. The van der Waals surface area contributed by atoms with Crippen molar-refractivity contribution in [3.8, 4) is 0 Å². The molecule has 0 radical (unpaired) electrons. The van der Waals surface area contributed by atoms with E-state index < -0.39 is 6.09 Å². The maximum absolute atomic E-state index is 11.3. The van der Waals surface area contributed by atoms with Crippen molar-refractivity contribution < 1.29 is 14.6 Å². The van der Waals surface area contributed by atoms with E-state index in [1.54, 1.807) is 0 Å². The highest BCUT2D eigenvalue weighted by Gasteiger charge is 2.10. The highest BCUT2D eigenvalue weighted by Crippen LogP contribution is 2.13. The molecule has 0 saturated carbocycles. The normalized spacial score (nSPS) is 15.7. The molecule has 21 heavy (non-hydrogen) atoms. The largest absolute Gasteiger partial charge is 0.447 e. The van der Waals surface area contributed by atoms with E-state index in [9.17, 15) is 4.79 Å². The summed E-state index contributed by atoms with van der Waals surface area (Å²) in [6, 6.07) is 8.30. The van der Waals surface area contributed by atoms with Crippen LogP contribution in [0.3, 0.4) is 0 Å². The Morgan fingerprint density at radius 1 is 1.14 bits per heavy atom. The van der Waals surface area contributed by atoms with Crippen molar-refractivity contribution >= 4 is 6.09 Å². The maximum atomic E-state index is 11.3. The maximum Gasteiger partial charge on any atom is 0.407 e. The van der Waals surface area contributed by atoms with Crippen LogP contribution in [0.1, 0.15) is 30.4 Å². The van der Waals surface area contributed by atoms with Gasteiger partial charge in [-0.15, -0.1) is 0 Å². The molecule has 1 aliphatic heterocycles. The van der Waals surface area contributed by atoms with Crippen LogP contribution in [0.5, 0.6) is 0 Å². The zero-order chi connectivity index (χ0) is 14.9. The SMILES string of the molecule is O=C(NCc1ccc(CN2CCCCC2)cc1)OCCO. The number of hydrogen-bond donors (Lipinski definition) is 2. The number of aliphatic hydroxyl groups excluding tert-OH is 1. The van der Waals surface area contributed by atoms with Crippen molar-refractivity contribution in [2.24, 2.45) is 0 Å². The van der Waals surface area contributed by atoms with Crippen molar-refractivity contribution in [1.82, 2.24) is 10.2 Å². The third-order valence-electron chi connectivity index (χ3n) is 3.64. The van der Waals surface area contributed by atoms with E-state index >= 15 is 0 Å². The van der Waals surface area contributed by atoms with E-state index in [2.05, 4.69) is 22.3 Å². The molecule has 0 spiro atoms. The summed E-state index contributed by atoms with van der Waals surface area (Å²) in [4.78, 5) is 13.7. The van der Waals surface area contributed by atoms with Crippen molar-refractivity contribution in [2.45, 2.75) is 32.4 Å². The fourth-order valence-electron chi connectivity index (χ4n) is 2.50. The van der Waals surface area contributed by atoms with Crippen LogP contribution in [-0.4, -0.2) is 42.4 Å². The second-order valence-corrected chi connectivity index (χ2v) is 5.37. The molecule has 116 valence electrons. The van der Waals surface area contributed by atoms with Crippen LogP contribution in [0.4, 0.5) is 4.79 Å². The molecule has 5 heteroatoms. The molecule has 0 unspecified atom stereocenters. The minimum atomic E-state index is -0.499. The molecule has 1 heterocycles. The fourth-order valence-corrected chi connectivity index (χ4v) is 2.50. The van der Waals surface area contributed by atoms with Gasteiger partial charge in [0.2, 0.25) is 0 Å². The van der Waals surface area contributed by atoms with Gasteiger partial charge in [-0.2, -0.15) is 0 Å². The number of benzene rings is 1. The van der Waals surface area contributed by atoms with Gasteiger partial charge in [0.05, 0.1) is 6.61 Å². The van der Waals surface area contributed by atoms with Gasteiger partial charge < -0.3 is 15.2 Å². The van der Waals surface area contributed by atoms with E-state index in [0.29, 0.717) is 6.54 Å². The number of hydrogen-bond acceptors (Lipinski definition) is 4. The number of likely N-dealkylation sites (tertiary alicyclic amines) is 1. The Balaban J connectivity index is 1.74. The quantitative estimate of drug-likeness (QED) is 0.840. The first-order valence-corrected chi connectivity index (χ1v) is 7.59. The molecule has 1 aromatic carbocycles. The van der Waals surface area contributed by atoms with Crippen molar-refractivity contribution in [3.05, 3.63) is 35.4 Å². The van der Waals surface area contributed by atoms with Crippen LogP contribution >= 0.6 is 0 Å². The highest BCUT2D eigenvalue weighted by molar-refractivity contribution is 5.67. The molecule has 1 saturated heterocycles. The number of piperidine rings is 1. The predicted octanol–water partition coefficient (Wildman–Crippen LogP) is 1.89. The monoisotopic (exact) mass is 292 g/mol. The minimum Gasteiger partial charge on any atom is -0.447 e. The zero-order valence-electron chi connectivity index (χ0n) is 12.4. The number of alkyl carbamates (subject to hydrolysis) is 1. The Hall–Kier alpha value is -1.59. The van der Waals surface area contributed by atoms with Gasteiger partial charge in [0.25, 0.3) is 0 Å². The summed E-state index contributed by atoms with van der Waals surface area (Å²) in [5.41, 5.74) is 2.35. The molecular weight excluding hydrogens is 268 g/mol. The molecular formula is C16H24N2O3.